The summed E-state index contributed by atoms with van der Waals surface area (Å²) in [6.07, 6.45) is 6.52. The van der Waals surface area contributed by atoms with Gasteiger partial charge in [0.1, 0.15) is 0 Å². The number of rotatable bonds is 13. The Morgan fingerprint density at radius 2 is 0.689 bits per heavy atom. The van der Waals surface area contributed by atoms with Gasteiger partial charge in [-0.1, -0.05) is 160 Å². The van der Waals surface area contributed by atoms with E-state index in [2.05, 4.69) is 226 Å². The number of aryl methyl sites for hydroxylation is 5. The van der Waals surface area contributed by atoms with Crippen molar-refractivity contribution in [3.8, 4) is 113 Å². The third-order valence-corrected chi connectivity index (χ3v) is 20.0. The fraction of sp³-hybridized carbons (Fsp3) is 0.289. The van der Waals surface area contributed by atoms with E-state index in [1.807, 2.05) is 77.1 Å². The van der Waals surface area contributed by atoms with Gasteiger partial charge in [0, 0.05) is 140 Å². The van der Waals surface area contributed by atoms with Crippen LogP contribution in [0.3, 0.4) is 0 Å². The zero-order chi connectivity index (χ0) is 83.1. The zero-order valence-electron chi connectivity index (χ0n) is 70.3. The second-order valence-electron chi connectivity index (χ2n) is 30.2. The van der Waals surface area contributed by atoms with Crippen LogP contribution in [-0.2, 0) is 97.6 Å². The van der Waals surface area contributed by atoms with Gasteiger partial charge in [-0.25, -0.2) is 19.9 Å². The molecule has 3 radical (unpaired) electrons. The van der Waals surface area contributed by atoms with Crippen LogP contribution < -0.4 is 18.9 Å². The normalized spacial score (nSPS) is 13.2. The summed E-state index contributed by atoms with van der Waals surface area (Å²) in [7, 11) is 6.41. The largest absolute Gasteiger partial charge is 0.486 e. The topological polar surface area (TPSA) is 234 Å². The van der Waals surface area contributed by atoms with Crippen molar-refractivity contribution in [2.45, 2.75) is 157 Å². The Labute approximate surface area is 755 Å². The number of methoxy groups -OCH3 is 4. The molecule has 0 amide bonds. The summed E-state index contributed by atoms with van der Waals surface area (Å²) in [6.45, 7) is 29.7. The monoisotopic (exact) mass is 2310 g/mol. The molecule has 5 heterocycles. The number of ether oxygens (including phenoxy) is 4. The van der Waals surface area contributed by atoms with Gasteiger partial charge in [-0.05, 0) is 120 Å². The number of aromatic nitrogens is 9. The van der Waals surface area contributed by atoms with Gasteiger partial charge in [-0.2, -0.15) is 0 Å². The van der Waals surface area contributed by atoms with Crippen LogP contribution in [0.4, 0.5) is 4.39 Å². The van der Waals surface area contributed by atoms with Crippen molar-refractivity contribution in [1.29, 1.82) is 0 Å². The molecule has 22 heteroatoms. The van der Waals surface area contributed by atoms with Gasteiger partial charge in [0.05, 0.1) is 75.6 Å². The van der Waals surface area contributed by atoms with Gasteiger partial charge in [0.2, 0.25) is 0 Å². The molecule has 17 nitrogen and oxygen atoms in total. The van der Waals surface area contributed by atoms with Gasteiger partial charge in [-0.3, -0.25) is 24.3 Å². The number of pyridine rings is 1. The van der Waals surface area contributed by atoms with Crippen LogP contribution in [0.15, 0.2) is 195 Å². The quantitative estimate of drug-likeness (QED) is 0.0786. The smallest absolute Gasteiger partial charge is 0.194 e. The molecule has 0 spiro atoms. The Kier molecular flexibility index (Phi) is 36.8. The molecular formula is C97H101FIr3N9O8Pt-5. The molecule has 631 valence electrons. The number of fused-ring (bicyclic) bond motifs is 9. The summed E-state index contributed by atoms with van der Waals surface area (Å²) in [5, 5.41) is 34.3. The van der Waals surface area contributed by atoms with Crippen molar-refractivity contribution in [2.24, 2.45) is 0 Å². The molecule has 8 aromatic carbocycles. The van der Waals surface area contributed by atoms with Gasteiger partial charge in [0.15, 0.2) is 23.5 Å². The molecule has 0 saturated carbocycles. The number of hydrogen-bond donors (Lipinski definition) is 4. The first-order valence-corrected chi connectivity index (χ1v) is 38.2. The molecule has 119 heavy (non-hydrogen) atoms. The summed E-state index contributed by atoms with van der Waals surface area (Å²) < 4.78 is 34.3. The second-order valence-corrected chi connectivity index (χ2v) is 30.2. The summed E-state index contributed by atoms with van der Waals surface area (Å²) in [5.74, 6) is 1.72. The fourth-order valence-corrected chi connectivity index (χ4v) is 14.2. The second kappa shape index (κ2) is 44.4. The fourth-order valence-electron chi connectivity index (χ4n) is 14.2. The maximum Gasteiger partial charge on any atom is 0.194 e. The molecule has 3 aliphatic carbocycles. The van der Waals surface area contributed by atoms with Crippen LogP contribution in [0.5, 0.6) is 23.5 Å². The van der Waals surface area contributed by atoms with Crippen LogP contribution in [0, 0.1) is 70.8 Å². The van der Waals surface area contributed by atoms with Crippen molar-refractivity contribution in [3.05, 3.63) is 293 Å². The average molecular weight is 2310 g/mol. The minimum Gasteiger partial charge on any atom is -0.486 e. The SMILES string of the molecule is CC(O)CC(C)O.CC(O)CC(C)O.COc1nc(C)c(C)nc1-c1[c-]cc(F)cc1.COc1nc(C)cnc1-c1[c-]cc2c(c1)C(C)(C)c1ccccc1-2.COc1nc(C)cnc1-c1[c-]cc2c(c1)C(C)(C)c1ccccc1-2.COc1nc(C)cnc1-c1[c-]cc2c(c1)C(C)(C)c1ccccc1-2.[Ir].[Ir].[Ir].[Pt].[c-]1ccccc1-c1ccccn1. The minimum atomic E-state index is -0.375. The predicted molar refractivity (Wildman–Crippen MR) is 452 cm³/mol. The average Bonchev–Trinajstić information content (AvgIpc) is 1.59. The van der Waals surface area contributed by atoms with E-state index in [1.165, 1.54) is 86.0 Å². The summed E-state index contributed by atoms with van der Waals surface area (Å²) in [4.78, 5) is 39.8. The maximum atomic E-state index is 12.8. The first-order chi connectivity index (χ1) is 54.9. The molecule has 4 atom stereocenters. The van der Waals surface area contributed by atoms with Gasteiger partial charge >= 0.3 is 0 Å². The van der Waals surface area contributed by atoms with Crippen LogP contribution in [0.2, 0.25) is 0 Å². The van der Waals surface area contributed by atoms with Crippen LogP contribution in [0.25, 0.3) is 89.7 Å². The third kappa shape index (κ3) is 23.9. The number of benzene rings is 8. The molecule has 0 fully saturated rings. The van der Waals surface area contributed by atoms with Crippen molar-refractivity contribution in [1.82, 2.24) is 44.9 Å². The Morgan fingerprint density at radius 3 is 1.00 bits per heavy atom. The molecule has 13 aromatic rings. The first kappa shape index (κ1) is 98.7. The van der Waals surface area contributed by atoms with E-state index in [0.29, 0.717) is 47.6 Å². The van der Waals surface area contributed by atoms with Crippen molar-refractivity contribution in [3.63, 3.8) is 0 Å². The van der Waals surface area contributed by atoms with Gasteiger partial charge in [-0.15, -0.1) is 154 Å². The van der Waals surface area contributed by atoms with Gasteiger partial charge < -0.3 is 44.4 Å². The molecule has 3 aliphatic rings. The molecule has 4 N–H and O–H groups in total. The number of halogens is 1. The molecule has 0 saturated heterocycles. The standard InChI is InChI=1S/3C21H19N2O.C13H12FN2O.C11H8N.2C5H12O2.3Ir.Pt/c3*1-13-12-22-19(20(23-13)24-4)14-9-10-16-15-7-5-6-8-17(15)21(2,3)18(16)11-14;1-8-9(2)16-13(17-3)12(15-8)10-4-6-11(14)7-5-10;1-2-6-10(7-3-1)11-8-4-5-9-12-11;2*1-4(6)3-5(2)7;;;;/h3*5-8,10-12H,1-4H3;4,6-7H,1-3H3;1-6,8-9H;2*4-7H,3H2,1-2H3;;;;/q5*-1;;;;;;. The van der Waals surface area contributed by atoms with Crippen LogP contribution in [-0.4, -0.2) is 118 Å². The van der Waals surface area contributed by atoms with E-state index >= 15 is 0 Å². The zero-order valence-corrected chi connectivity index (χ0v) is 79.8. The Hall–Kier alpha value is -9.16. The van der Waals surface area contributed by atoms with E-state index in [4.69, 9.17) is 39.4 Å². The molecule has 0 bridgehead atoms. The van der Waals surface area contributed by atoms with E-state index in [-0.39, 0.29) is 128 Å². The number of nitrogens with zero attached hydrogens (tertiary/aromatic N) is 9. The summed E-state index contributed by atoms with van der Waals surface area (Å²) >= 11 is 0. The number of aliphatic hydroxyl groups excluding tert-OH is 4. The maximum absolute atomic E-state index is 12.8. The van der Waals surface area contributed by atoms with Crippen LogP contribution >= 0.6 is 0 Å². The molecular weight excluding hydrogens is 2210 g/mol. The molecule has 0 aliphatic heterocycles. The minimum absolute atomic E-state index is 0. The van der Waals surface area contributed by atoms with Crippen molar-refractivity contribution < 1.29 is 125 Å². The number of aliphatic hydroxyl groups is 4. The predicted octanol–water partition coefficient (Wildman–Crippen LogP) is 19.2. The van der Waals surface area contributed by atoms with Crippen LogP contribution in [0.1, 0.15) is 144 Å². The van der Waals surface area contributed by atoms with E-state index in [1.54, 1.807) is 79.9 Å². The molecule has 16 rings (SSSR count). The molecule has 5 aromatic heterocycles. The Bertz CT molecular complexity index is 5060. The first-order valence-electron chi connectivity index (χ1n) is 38.2. The van der Waals surface area contributed by atoms with Crippen molar-refractivity contribution >= 4 is 0 Å². The number of hydrogen-bond acceptors (Lipinski definition) is 17. The van der Waals surface area contributed by atoms with E-state index < -0.39 is 0 Å². The summed E-state index contributed by atoms with van der Waals surface area (Å²) in [5.41, 5.74) is 27.8. The summed E-state index contributed by atoms with van der Waals surface area (Å²) in [6, 6.07) is 72.5. The molecule has 4 unspecified atom stereocenters. The van der Waals surface area contributed by atoms with Crippen molar-refractivity contribution in [2.75, 3.05) is 28.4 Å². The van der Waals surface area contributed by atoms with E-state index in [9.17, 15) is 4.39 Å². The van der Waals surface area contributed by atoms with Gasteiger partial charge in [0.25, 0.3) is 0 Å². The Morgan fingerprint density at radius 1 is 0.353 bits per heavy atom. The van der Waals surface area contributed by atoms with E-state index in [0.717, 1.165) is 73.5 Å². The third-order valence-electron chi connectivity index (χ3n) is 20.0. The Balaban J connectivity index is 0.000000223.